The lowest BCUT2D eigenvalue weighted by Gasteiger charge is -2.07. The number of aliphatic hydroxyl groups excluding tert-OH is 1. The van der Waals surface area contributed by atoms with Crippen molar-refractivity contribution in [2.24, 2.45) is 7.05 Å². The van der Waals surface area contributed by atoms with E-state index in [1.165, 1.54) is 12.1 Å². The average molecular weight is 251 g/mol. The van der Waals surface area contributed by atoms with Crippen molar-refractivity contribution in [1.82, 2.24) is 14.8 Å². The largest absolute Gasteiger partial charge is 0.483 e. The highest BCUT2D eigenvalue weighted by Crippen LogP contribution is 2.19. The fourth-order valence-electron chi connectivity index (χ4n) is 1.48. The van der Waals surface area contributed by atoms with Crippen LogP contribution in [-0.4, -0.2) is 19.9 Å². The van der Waals surface area contributed by atoms with Crippen molar-refractivity contribution in [2.45, 2.75) is 20.1 Å². The summed E-state index contributed by atoms with van der Waals surface area (Å²) in [6.45, 7) is 1.78. The third kappa shape index (κ3) is 2.48. The fraction of sp³-hybridized carbons (Fsp3) is 0.333. The molecule has 0 fully saturated rings. The predicted octanol–water partition coefficient (Wildman–Crippen LogP) is 1.33. The topological polar surface area (TPSA) is 60.2 Å². The first-order chi connectivity index (χ1) is 8.61. The minimum atomic E-state index is -0.500. The highest BCUT2D eigenvalue weighted by molar-refractivity contribution is 5.29. The molecule has 96 valence electrons. The molecule has 0 atom stereocenters. The van der Waals surface area contributed by atoms with Gasteiger partial charge in [-0.2, -0.15) is 0 Å². The van der Waals surface area contributed by atoms with Crippen molar-refractivity contribution in [1.29, 1.82) is 0 Å². The number of benzene rings is 1. The molecule has 2 rings (SSSR count). The molecule has 1 heterocycles. The summed E-state index contributed by atoms with van der Waals surface area (Å²) in [5, 5.41) is 16.7. The molecular weight excluding hydrogens is 237 g/mol. The van der Waals surface area contributed by atoms with E-state index in [0.717, 1.165) is 5.82 Å². The van der Waals surface area contributed by atoms with E-state index in [0.29, 0.717) is 11.4 Å². The van der Waals surface area contributed by atoms with Gasteiger partial charge in [0.2, 0.25) is 0 Å². The minimum Gasteiger partial charge on any atom is -0.483 e. The summed E-state index contributed by atoms with van der Waals surface area (Å²) in [5.74, 6) is 1.02. The summed E-state index contributed by atoms with van der Waals surface area (Å²) in [6.07, 6.45) is 0. The fourth-order valence-corrected chi connectivity index (χ4v) is 1.48. The number of rotatable bonds is 4. The Bertz CT molecular complexity index is 554. The number of hydrogen-bond donors (Lipinski definition) is 1. The maximum atomic E-state index is 13.6. The molecule has 0 bridgehead atoms. The molecule has 0 aliphatic carbocycles. The monoisotopic (exact) mass is 251 g/mol. The van der Waals surface area contributed by atoms with E-state index >= 15 is 0 Å². The lowest BCUT2D eigenvalue weighted by molar-refractivity contribution is 0.271. The van der Waals surface area contributed by atoms with Crippen LogP contribution in [0.15, 0.2) is 18.2 Å². The maximum Gasteiger partial charge on any atom is 0.170 e. The highest BCUT2D eigenvalue weighted by atomic mass is 19.1. The summed E-state index contributed by atoms with van der Waals surface area (Å²) in [7, 11) is 1.82. The first-order valence-corrected chi connectivity index (χ1v) is 5.48. The summed E-state index contributed by atoms with van der Waals surface area (Å²) < 4.78 is 20.7. The lowest BCUT2D eigenvalue weighted by atomic mass is 10.2. The highest BCUT2D eigenvalue weighted by Gasteiger charge is 2.08. The molecule has 0 saturated heterocycles. The van der Waals surface area contributed by atoms with Gasteiger partial charge in [0.1, 0.15) is 12.4 Å². The van der Waals surface area contributed by atoms with Gasteiger partial charge in [0.05, 0.1) is 6.61 Å². The van der Waals surface area contributed by atoms with Gasteiger partial charge in [0.25, 0.3) is 0 Å². The molecule has 0 spiro atoms. The van der Waals surface area contributed by atoms with E-state index in [1.54, 1.807) is 10.6 Å². The molecule has 18 heavy (non-hydrogen) atoms. The van der Waals surface area contributed by atoms with Gasteiger partial charge in [0.15, 0.2) is 17.4 Å². The molecule has 2 aromatic rings. The van der Waals surface area contributed by atoms with Crippen molar-refractivity contribution < 1.29 is 14.2 Å². The van der Waals surface area contributed by atoms with E-state index in [4.69, 9.17) is 9.84 Å². The van der Waals surface area contributed by atoms with Crippen LogP contribution >= 0.6 is 0 Å². The second-order valence-electron chi connectivity index (χ2n) is 3.93. The number of aryl methyl sites for hydroxylation is 1. The van der Waals surface area contributed by atoms with Gasteiger partial charge in [-0.05, 0) is 24.6 Å². The van der Waals surface area contributed by atoms with E-state index < -0.39 is 5.82 Å². The normalized spacial score (nSPS) is 10.7. The zero-order valence-corrected chi connectivity index (χ0v) is 10.2. The molecule has 5 nitrogen and oxygen atoms in total. The van der Waals surface area contributed by atoms with E-state index in [1.807, 2.05) is 14.0 Å². The third-order valence-corrected chi connectivity index (χ3v) is 2.72. The lowest BCUT2D eigenvalue weighted by Crippen LogP contribution is -2.05. The molecule has 0 aliphatic heterocycles. The number of aliphatic hydroxyl groups is 1. The summed E-state index contributed by atoms with van der Waals surface area (Å²) in [5.41, 5.74) is 0.509. The van der Waals surface area contributed by atoms with Crippen LogP contribution in [0.5, 0.6) is 5.75 Å². The average Bonchev–Trinajstić information content (AvgIpc) is 2.68. The number of halogens is 1. The zero-order chi connectivity index (χ0) is 13.1. The van der Waals surface area contributed by atoms with Crippen LogP contribution in [0, 0.1) is 12.7 Å². The van der Waals surface area contributed by atoms with Crippen LogP contribution in [0.2, 0.25) is 0 Å². The summed E-state index contributed by atoms with van der Waals surface area (Å²) in [4.78, 5) is 0. The summed E-state index contributed by atoms with van der Waals surface area (Å²) >= 11 is 0. The van der Waals surface area contributed by atoms with Gasteiger partial charge in [-0.15, -0.1) is 10.2 Å². The zero-order valence-electron chi connectivity index (χ0n) is 10.2. The predicted molar refractivity (Wildman–Crippen MR) is 62.4 cm³/mol. The molecule has 0 aliphatic rings. The Balaban J connectivity index is 2.08. The van der Waals surface area contributed by atoms with Gasteiger partial charge in [-0.1, -0.05) is 6.07 Å². The standard InChI is InChI=1S/C12H14FN3O2/c1-8-14-15-12(16(8)2)7-18-11-4-3-9(6-17)5-10(11)13/h3-5,17H,6-7H2,1-2H3. The Hall–Kier alpha value is -1.95. The Kier molecular flexibility index (Phi) is 3.57. The second kappa shape index (κ2) is 5.14. The summed E-state index contributed by atoms with van der Waals surface area (Å²) in [6, 6.07) is 4.35. The van der Waals surface area contributed by atoms with Crippen LogP contribution in [0.3, 0.4) is 0 Å². The Labute approximate surface area is 104 Å². The number of hydrogen-bond acceptors (Lipinski definition) is 4. The van der Waals surface area contributed by atoms with Crippen molar-refractivity contribution in [2.75, 3.05) is 0 Å². The smallest absolute Gasteiger partial charge is 0.170 e. The Morgan fingerprint density at radius 1 is 1.39 bits per heavy atom. The molecule has 0 amide bonds. The first kappa shape index (κ1) is 12.5. The molecule has 0 unspecified atom stereocenters. The van der Waals surface area contributed by atoms with Gasteiger partial charge in [0, 0.05) is 7.05 Å². The van der Waals surface area contributed by atoms with Gasteiger partial charge < -0.3 is 14.4 Å². The van der Waals surface area contributed by atoms with Gasteiger partial charge in [-0.25, -0.2) is 4.39 Å². The van der Waals surface area contributed by atoms with Crippen molar-refractivity contribution in [3.63, 3.8) is 0 Å². The first-order valence-electron chi connectivity index (χ1n) is 5.48. The second-order valence-corrected chi connectivity index (χ2v) is 3.93. The molecule has 1 aromatic heterocycles. The maximum absolute atomic E-state index is 13.6. The SMILES string of the molecule is Cc1nnc(COc2ccc(CO)cc2F)n1C. The molecular formula is C12H14FN3O2. The van der Waals surface area contributed by atoms with Crippen LogP contribution in [0.4, 0.5) is 4.39 Å². The molecule has 6 heteroatoms. The molecule has 0 saturated carbocycles. The number of aromatic nitrogens is 3. The van der Waals surface area contributed by atoms with Crippen LogP contribution in [0.25, 0.3) is 0 Å². The van der Waals surface area contributed by atoms with Gasteiger partial charge >= 0.3 is 0 Å². The molecule has 0 radical (unpaired) electrons. The van der Waals surface area contributed by atoms with Crippen molar-refractivity contribution in [3.05, 3.63) is 41.2 Å². The van der Waals surface area contributed by atoms with Crippen molar-refractivity contribution >= 4 is 0 Å². The van der Waals surface area contributed by atoms with E-state index in [2.05, 4.69) is 10.2 Å². The number of nitrogens with zero attached hydrogens (tertiary/aromatic N) is 3. The van der Waals surface area contributed by atoms with Crippen LogP contribution in [0.1, 0.15) is 17.2 Å². The minimum absolute atomic E-state index is 0.132. The third-order valence-electron chi connectivity index (χ3n) is 2.72. The Morgan fingerprint density at radius 3 is 2.72 bits per heavy atom. The quantitative estimate of drug-likeness (QED) is 0.890. The Morgan fingerprint density at radius 2 is 2.17 bits per heavy atom. The number of ether oxygens (including phenoxy) is 1. The van der Waals surface area contributed by atoms with Crippen LogP contribution in [-0.2, 0) is 20.3 Å². The van der Waals surface area contributed by atoms with E-state index in [9.17, 15) is 4.39 Å². The van der Waals surface area contributed by atoms with E-state index in [-0.39, 0.29) is 19.0 Å². The van der Waals surface area contributed by atoms with Gasteiger partial charge in [-0.3, -0.25) is 0 Å². The van der Waals surface area contributed by atoms with Crippen molar-refractivity contribution in [3.8, 4) is 5.75 Å². The molecule has 1 aromatic carbocycles. The molecule has 1 N–H and O–H groups in total. The van der Waals surface area contributed by atoms with Crippen LogP contribution < -0.4 is 4.74 Å².